The fourth-order valence-corrected chi connectivity index (χ4v) is 3.64. The molecule has 136 valence electrons. The van der Waals surface area contributed by atoms with E-state index in [1.165, 1.54) is 12.1 Å². The van der Waals surface area contributed by atoms with Gasteiger partial charge in [-0.15, -0.1) is 0 Å². The van der Waals surface area contributed by atoms with Crippen molar-refractivity contribution < 1.29 is 9.50 Å². The molecule has 0 aliphatic carbocycles. The molecular weight excluding hydrogens is 347 g/mol. The van der Waals surface area contributed by atoms with Gasteiger partial charge in [-0.25, -0.2) is 14.4 Å². The zero-order valence-corrected chi connectivity index (χ0v) is 14.6. The van der Waals surface area contributed by atoms with E-state index in [-0.39, 0.29) is 12.4 Å². The van der Waals surface area contributed by atoms with E-state index in [4.69, 9.17) is 10.1 Å². The molecule has 0 fully saturated rings. The second-order valence-electron chi connectivity index (χ2n) is 6.58. The number of imidazole rings is 1. The summed E-state index contributed by atoms with van der Waals surface area (Å²) in [6.45, 7) is 2.73. The summed E-state index contributed by atoms with van der Waals surface area (Å²) in [6, 6.07) is 6.72. The molecule has 0 bridgehead atoms. The van der Waals surface area contributed by atoms with Gasteiger partial charge >= 0.3 is 0 Å². The Kier molecular flexibility index (Phi) is 3.48. The summed E-state index contributed by atoms with van der Waals surface area (Å²) in [5, 5.41) is 16.9. The molecule has 4 aromatic heterocycles. The highest BCUT2D eigenvalue weighted by atomic mass is 19.1. The van der Waals surface area contributed by atoms with Crippen molar-refractivity contribution in [2.45, 2.75) is 19.9 Å². The van der Waals surface area contributed by atoms with Crippen molar-refractivity contribution in [3.05, 3.63) is 48.3 Å². The number of nitrogens with zero attached hydrogens (tertiary/aromatic N) is 5. The molecular formula is C19H17FN6O. The molecule has 5 aromatic rings. The number of halogens is 1. The summed E-state index contributed by atoms with van der Waals surface area (Å²) >= 11 is 0. The van der Waals surface area contributed by atoms with E-state index in [2.05, 4.69) is 15.2 Å². The van der Waals surface area contributed by atoms with Gasteiger partial charge in [-0.3, -0.25) is 5.10 Å². The lowest BCUT2D eigenvalue weighted by atomic mass is 10.2. The number of aliphatic hydroxyl groups excluding tert-OH is 1. The van der Waals surface area contributed by atoms with Crippen LogP contribution in [0.3, 0.4) is 0 Å². The van der Waals surface area contributed by atoms with Gasteiger partial charge in [-0.2, -0.15) is 5.10 Å². The number of H-pyrrole nitrogens is 1. The van der Waals surface area contributed by atoms with Crippen LogP contribution in [-0.4, -0.2) is 41.0 Å². The smallest absolute Gasteiger partial charge is 0.160 e. The fraction of sp³-hybridized carbons (Fsp3) is 0.211. The first-order chi connectivity index (χ1) is 13.2. The van der Waals surface area contributed by atoms with Gasteiger partial charge < -0.3 is 14.2 Å². The highest BCUT2D eigenvalue weighted by Gasteiger charge is 2.18. The summed E-state index contributed by atoms with van der Waals surface area (Å²) in [4.78, 5) is 9.22. The van der Waals surface area contributed by atoms with E-state index in [1.807, 2.05) is 22.1 Å². The number of aromatic nitrogens is 6. The van der Waals surface area contributed by atoms with E-state index >= 15 is 0 Å². The molecule has 27 heavy (non-hydrogen) atoms. The van der Waals surface area contributed by atoms with Crippen LogP contribution in [0.1, 0.15) is 12.1 Å². The van der Waals surface area contributed by atoms with Gasteiger partial charge in [0.25, 0.3) is 0 Å². The van der Waals surface area contributed by atoms with Gasteiger partial charge in [-0.1, -0.05) is 0 Å². The lowest BCUT2D eigenvalue weighted by molar-refractivity contribution is 0.280. The highest BCUT2D eigenvalue weighted by Crippen LogP contribution is 2.32. The lowest BCUT2D eigenvalue weighted by Gasteiger charge is -2.10. The first-order valence-electron chi connectivity index (χ1n) is 8.74. The van der Waals surface area contributed by atoms with E-state index in [9.17, 15) is 4.39 Å². The molecule has 0 aliphatic rings. The zero-order chi connectivity index (χ0) is 18.5. The second kappa shape index (κ2) is 5.88. The van der Waals surface area contributed by atoms with Crippen molar-refractivity contribution in [1.29, 1.82) is 0 Å². The molecule has 4 heterocycles. The molecule has 0 aliphatic heterocycles. The molecule has 1 aromatic carbocycles. The number of aromatic amines is 1. The number of fused-ring (bicyclic) bond motifs is 4. The van der Waals surface area contributed by atoms with E-state index in [0.29, 0.717) is 13.0 Å². The largest absolute Gasteiger partial charge is 0.396 e. The Bertz CT molecular complexity index is 1300. The lowest BCUT2D eigenvalue weighted by Crippen LogP contribution is -2.03. The standard InChI is InChI=1S/C19H17FN6O/c1-11-16(8-14-19(23-11)25(10-21-14)5-2-6-27)26-15-4-3-12(20)7-13(15)18-17(26)9-22-24-18/h3-4,7-10,27H,2,5-6H2,1H3,(H,22,24). The SMILES string of the molecule is Cc1nc2c(cc1-n1c3ccc(F)cc3c3[nH]ncc31)ncn2CCCO. The zero-order valence-electron chi connectivity index (χ0n) is 14.6. The Morgan fingerprint density at radius 2 is 2.11 bits per heavy atom. The van der Waals surface area contributed by atoms with Crippen LogP contribution in [0.15, 0.2) is 36.8 Å². The number of pyridine rings is 1. The fourth-order valence-electron chi connectivity index (χ4n) is 3.64. The average Bonchev–Trinajstić information content (AvgIpc) is 3.34. The van der Waals surface area contributed by atoms with Crippen LogP contribution >= 0.6 is 0 Å². The average molecular weight is 364 g/mol. The molecule has 7 nitrogen and oxygen atoms in total. The summed E-state index contributed by atoms with van der Waals surface area (Å²) in [6.07, 6.45) is 4.13. The third-order valence-electron chi connectivity index (χ3n) is 4.88. The Balaban J connectivity index is 1.78. The van der Waals surface area contributed by atoms with Gasteiger partial charge in [0.05, 0.1) is 40.5 Å². The normalized spacial score (nSPS) is 12.0. The Morgan fingerprint density at radius 3 is 2.96 bits per heavy atom. The molecule has 2 N–H and O–H groups in total. The quantitative estimate of drug-likeness (QED) is 0.513. The number of aliphatic hydroxyl groups is 1. The maximum atomic E-state index is 13.8. The van der Waals surface area contributed by atoms with Crippen molar-refractivity contribution in [3.8, 4) is 5.69 Å². The third kappa shape index (κ3) is 2.33. The van der Waals surface area contributed by atoms with Crippen molar-refractivity contribution in [1.82, 2.24) is 29.3 Å². The number of benzene rings is 1. The first kappa shape index (κ1) is 16.0. The molecule has 8 heteroatoms. The van der Waals surface area contributed by atoms with Crippen LogP contribution in [-0.2, 0) is 6.54 Å². The van der Waals surface area contributed by atoms with Crippen molar-refractivity contribution in [3.63, 3.8) is 0 Å². The minimum Gasteiger partial charge on any atom is -0.396 e. The van der Waals surface area contributed by atoms with Crippen LogP contribution in [0.2, 0.25) is 0 Å². The van der Waals surface area contributed by atoms with Gasteiger partial charge in [0, 0.05) is 18.5 Å². The summed E-state index contributed by atoms with van der Waals surface area (Å²) in [7, 11) is 0. The monoisotopic (exact) mass is 364 g/mol. The molecule has 0 saturated carbocycles. The number of aryl methyl sites for hydroxylation is 2. The third-order valence-corrected chi connectivity index (χ3v) is 4.88. The number of hydrogen-bond acceptors (Lipinski definition) is 4. The minimum atomic E-state index is -0.288. The van der Waals surface area contributed by atoms with E-state index in [1.54, 1.807) is 18.6 Å². The summed E-state index contributed by atoms with van der Waals surface area (Å²) < 4.78 is 17.8. The number of rotatable bonds is 4. The first-order valence-corrected chi connectivity index (χ1v) is 8.74. The minimum absolute atomic E-state index is 0.126. The molecule has 0 amide bonds. The van der Waals surface area contributed by atoms with Gasteiger partial charge in [0.15, 0.2) is 5.65 Å². The van der Waals surface area contributed by atoms with Crippen LogP contribution in [0.25, 0.3) is 38.8 Å². The van der Waals surface area contributed by atoms with E-state index < -0.39 is 0 Å². The second-order valence-corrected chi connectivity index (χ2v) is 6.58. The Labute approximate surface area is 153 Å². The Hall–Kier alpha value is -3.26. The van der Waals surface area contributed by atoms with Gasteiger partial charge in [-0.05, 0) is 37.6 Å². The highest BCUT2D eigenvalue weighted by molar-refractivity contribution is 6.07. The van der Waals surface area contributed by atoms with Crippen LogP contribution in [0.5, 0.6) is 0 Å². The van der Waals surface area contributed by atoms with Crippen LogP contribution < -0.4 is 0 Å². The van der Waals surface area contributed by atoms with Crippen molar-refractivity contribution >= 4 is 33.1 Å². The molecule has 0 unspecified atom stereocenters. The predicted molar refractivity (Wildman–Crippen MR) is 100 cm³/mol. The Morgan fingerprint density at radius 1 is 1.22 bits per heavy atom. The molecule has 0 atom stereocenters. The topological polar surface area (TPSA) is 84.5 Å². The summed E-state index contributed by atoms with van der Waals surface area (Å²) in [5.74, 6) is -0.288. The van der Waals surface area contributed by atoms with Crippen LogP contribution in [0.4, 0.5) is 4.39 Å². The predicted octanol–water partition coefficient (Wildman–Crippen LogP) is 3.08. The molecule has 0 saturated heterocycles. The molecule has 0 radical (unpaired) electrons. The van der Waals surface area contributed by atoms with Crippen molar-refractivity contribution in [2.75, 3.05) is 6.61 Å². The maximum Gasteiger partial charge on any atom is 0.160 e. The maximum absolute atomic E-state index is 13.8. The van der Waals surface area contributed by atoms with E-state index in [0.717, 1.165) is 44.5 Å². The summed E-state index contributed by atoms with van der Waals surface area (Å²) in [5.41, 5.74) is 5.80. The van der Waals surface area contributed by atoms with Gasteiger partial charge in [0.1, 0.15) is 11.3 Å². The van der Waals surface area contributed by atoms with Crippen molar-refractivity contribution in [2.24, 2.45) is 0 Å². The number of hydrogen-bond donors (Lipinski definition) is 2. The molecule has 0 spiro atoms. The van der Waals surface area contributed by atoms with Gasteiger partial charge in [0.2, 0.25) is 0 Å². The molecule has 5 rings (SSSR count). The van der Waals surface area contributed by atoms with Crippen LogP contribution in [0, 0.1) is 12.7 Å². The number of nitrogens with one attached hydrogen (secondary N) is 1.